The van der Waals surface area contributed by atoms with Crippen LogP contribution in [0.3, 0.4) is 0 Å². The van der Waals surface area contributed by atoms with Gasteiger partial charge in [0.25, 0.3) is 0 Å². The standard InChI is InChI=1S/C10H12N4OS/c1-11-8-4-14-3-2-12-9(14)10(13-8)16-7-5-15-6-7/h2-4,7,11H,5-6H2,1H3. The van der Waals surface area contributed by atoms with Crippen LogP contribution in [-0.2, 0) is 4.74 Å². The molecule has 2 aromatic heterocycles. The summed E-state index contributed by atoms with van der Waals surface area (Å²) in [5.74, 6) is 0.855. The van der Waals surface area contributed by atoms with Crippen LogP contribution in [0.2, 0.25) is 0 Å². The zero-order chi connectivity index (χ0) is 11.0. The Morgan fingerprint density at radius 3 is 3.12 bits per heavy atom. The van der Waals surface area contributed by atoms with Crippen LogP contribution in [0.5, 0.6) is 0 Å². The van der Waals surface area contributed by atoms with Crippen molar-refractivity contribution in [2.24, 2.45) is 0 Å². The van der Waals surface area contributed by atoms with E-state index in [1.54, 1.807) is 18.0 Å². The summed E-state index contributed by atoms with van der Waals surface area (Å²) in [6.45, 7) is 1.62. The van der Waals surface area contributed by atoms with Gasteiger partial charge in [-0.3, -0.25) is 0 Å². The lowest BCUT2D eigenvalue weighted by atomic mass is 10.4. The highest BCUT2D eigenvalue weighted by molar-refractivity contribution is 8.00. The highest BCUT2D eigenvalue weighted by atomic mass is 32.2. The minimum atomic E-state index is 0.514. The van der Waals surface area contributed by atoms with Crippen LogP contribution >= 0.6 is 11.8 Å². The molecule has 84 valence electrons. The van der Waals surface area contributed by atoms with Gasteiger partial charge in [-0.25, -0.2) is 9.97 Å². The second-order valence-corrected chi connectivity index (χ2v) is 4.91. The molecule has 0 radical (unpaired) electrons. The number of thioether (sulfide) groups is 1. The van der Waals surface area contributed by atoms with E-state index in [-0.39, 0.29) is 0 Å². The molecule has 3 heterocycles. The molecule has 1 fully saturated rings. The van der Waals surface area contributed by atoms with Crippen LogP contribution in [-0.4, -0.2) is 39.9 Å². The van der Waals surface area contributed by atoms with Crippen LogP contribution < -0.4 is 5.32 Å². The summed E-state index contributed by atoms with van der Waals surface area (Å²) in [5.41, 5.74) is 0.913. The Labute approximate surface area is 97.2 Å². The third-order valence-corrected chi connectivity index (χ3v) is 3.59. The van der Waals surface area contributed by atoms with Gasteiger partial charge in [-0.2, -0.15) is 0 Å². The fourth-order valence-corrected chi connectivity index (χ4v) is 2.60. The van der Waals surface area contributed by atoms with Gasteiger partial charge in [0.1, 0.15) is 10.8 Å². The molecule has 0 bridgehead atoms. The Hall–Kier alpha value is -1.27. The lowest BCUT2D eigenvalue weighted by molar-refractivity contribution is 0.0455. The maximum Gasteiger partial charge on any atom is 0.169 e. The Kier molecular flexibility index (Phi) is 2.45. The Balaban J connectivity index is 2.01. The molecule has 1 aliphatic rings. The lowest BCUT2D eigenvalue weighted by Gasteiger charge is -2.24. The van der Waals surface area contributed by atoms with Gasteiger partial charge in [0.05, 0.1) is 24.7 Å². The van der Waals surface area contributed by atoms with E-state index >= 15 is 0 Å². The second-order valence-electron chi connectivity index (χ2n) is 3.62. The van der Waals surface area contributed by atoms with Gasteiger partial charge in [0, 0.05) is 19.4 Å². The summed E-state index contributed by atoms with van der Waals surface area (Å²) >= 11 is 1.73. The quantitative estimate of drug-likeness (QED) is 0.869. The smallest absolute Gasteiger partial charge is 0.169 e. The molecule has 5 nitrogen and oxygen atoms in total. The van der Waals surface area contributed by atoms with E-state index in [0.29, 0.717) is 5.25 Å². The first-order chi connectivity index (χ1) is 7.86. The highest BCUT2D eigenvalue weighted by Crippen LogP contribution is 2.29. The van der Waals surface area contributed by atoms with E-state index in [0.717, 1.165) is 29.7 Å². The topological polar surface area (TPSA) is 51.5 Å². The van der Waals surface area contributed by atoms with Crippen molar-refractivity contribution < 1.29 is 4.74 Å². The molecule has 3 rings (SSSR count). The third-order valence-electron chi connectivity index (χ3n) is 2.49. The minimum Gasteiger partial charge on any atom is -0.379 e. The van der Waals surface area contributed by atoms with Crippen LogP contribution in [0.4, 0.5) is 5.82 Å². The Morgan fingerprint density at radius 2 is 2.44 bits per heavy atom. The highest BCUT2D eigenvalue weighted by Gasteiger charge is 2.22. The first-order valence-corrected chi connectivity index (χ1v) is 6.00. The molecule has 0 saturated carbocycles. The number of anilines is 1. The van der Waals surface area contributed by atoms with E-state index in [4.69, 9.17) is 4.74 Å². The Morgan fingerprint density at radius 1 is 1.56 bits per heavy atom. The molecule has 0 spiro atoms. The van der Waals surface area contributed by atoms with Crippen molar-refractivity contribution in [1.82, 2.24) is 14.4 Å². The Bertz CT molecular complexity index is 508. The maximum atomic E-state index is 5.17. The average molecular weight is 236 g/mol. The molecule has 16 heavy (non-hydrogen) atoms. The number of aromatic nitrogens is 3. The van der Waals surface area contributed by atoms with Gasteiger partial charge in [-0.1, -0.05) is 11.8 Å². The summed E-state index contributed by atoms with van der Waals surface area (Å²) in [7, 11) is 1.87. The summed E-state index contributed by atoms with van der Waals surface area (Å²) in [6.07, 6.45) is 5.65. The van der Waals surface area contributed by atoms with Crippen molar-refractivity contribution in [1.29, 1.82) is 0 Å². The van der Waals surface area contributed by atoms with Gasteiger partial charge in [-0.15, -0.1) is 0 Å². The molecule has 0 atom stereocenters. The zero-order valence-electron chi connectivity index (χ0n) is 8.88. The molecule has 6 heteroatoms. The third kappa shape index (κ3) is 1.64. The normalized spacial score (nSPS) is 16.3. The van der Waals surface area contributed by atoms with Gasteiger partial charge >= 0.3 is 0 Å². The largest absolute Gasteiger partial charge is 0.379 e. The van der Waals surface area contributed by atoms with Gasteiger partial charge in [0.15, 0.2) is 5.65 Å². The summed E-state index contributed by atoms with van der Waals surface area (Å²) in [4.78, 5) is 8.84. The first kappa shape index (κ1) is 9.92. The second kappa shape index (κ2) is 3.95. The SMILES string of the molecule is CNc1cn2ccnc2c(SC2COC2)n1. The number of rotatable bonds is 3. The number of nitrogens with one attached hydrogen (secondary N) is 1. The molecule has 2 aromatic rings. The fourth-order valence-electron chi connectivity index (χ4n) is 1.54. The van der Waals surface area contributed by atoms with Crippen LogP contribution in [0.25, 0.3) is 5.65 Å². The molecule has 0 amide bonds. The average Bonchev–Trinajstić information content (AvgIpc) is 2.70. The number of hydrogen-bond donors (Lipinski definition) is 1. The number of imidazole rings is 1. The number of fused-ring (bicyclic) bond motifs is 1. The summed E-state index contributed by atoms with van der Waals surface area (Å²) < 4.78 is 7.15. The molecule has 1 aliphatic heterocycles. The van der Waals surface area contributed by atoms with Crippen LogP contribution in [0.15, 0.2) is 23.6 Å². The molecule has 1 N–H and O–H groups in total. The van der Waals surface area contributed by atoms with Gasteiger partial charge < -0.3 is 14.5 Å². The molecule has 1 saturated heterocycles. The summed E-state index contributed by atoms with van der Waals surface area (Å²) in [5, 5.41) is 4.53. The van der Waals surface area contributed by atoms with Crippen molar-refractivity contribution in [2.45, 2.75) is 10.3 Å². The van der Waals surface area contributed by atoms with E-state index in [1.807, 2.05) is 23.8 Å². The van der Waals surface area contributed by atoms with Crippen LogP contribution in [0, 0.1) is 0 Å². The van der Waals surface area contributed by atoms with Crippen molar-refractivity contribution in [2.75, 3.05) is 25.6 Å². The lowest BCUT2D eigenvalue weighted by Crippen LogP contribution is -2.30. The predicted molar refractivity (Wildman–Crippen MR) is 63.0 cm³/mol. The van der Waals surface area contributed by atoms with Gasteiger partial charge in [0.2, 0.25) is 0 Å². The predicted octanol–water partition coefficient (Wildman–Crippen LogP) is 1.26. The van der Waals surface area contributed by atoms with Crippen molar-refractivity contribution in [3.63, 3.8) is 0 Å². The fraction of sp³-hybridized carbons (Fsp3) is 0.400. The van der Waals surface area contributed by atoms with E-state index in [2.05, 4.69) is 15.3 Å². The zero-order valence-corrected chi connectivity index (χ0v) is 9.70. The molecular weight excluding hydrogens is 224 g/mol. The molecule has 0 aromatic carbocycles. The van der Waals surface area contributed by atoms with E-state index < -0.39 is 0 Å². The maximum absolute atomic E-state index is 5.17. The molecule has 0 aliphatic carbocycles. The number of nitrogens with zero attached hydrogens (tertiary/aromatic N) is 3. The van der Waals surface area contributed by atoms with Crippen molar-refractivity contribution in [3.8, 4) is 0 Å². The van der Waals surface area contributed by atoms with Crippen molar-refractivity contribution in [3.05, 3.63) is 18.6 Å². The number of hydrogen-bond acceptors (Lipinski definition) is 5. The van der Waals surface area contributed by atoms with Crippen LogP contribution in [0.1, 0.15) is 0 Å². The number of ether oxygens (including phenoxy) is 1. The van der Waals surface area contributed by atoms with E-state index in [1.165, 1.54) is 0 Å². The van der Waals surface area contributed by atoms with Crippen molar-refractivity contribution >= 4 is 23.2 Å². The molecule has 0 unspecified atom stereocenters. The minimum absolute atomic E-state index is 0.514. The van der Waals surface area contributed by atoms with Gasteiger partial charge in [-0.05, 0) is 0 Å². The monoisotopic (exact) mass is 236 g/mol. The first-order valence-electron chi connectivity index (χ1n) is 5.12. The molecular formula is C10H12N4OS. The summed E-state index contributed by atoms with van der Waals surface area (Å²) in [6, 6.07) is 0. The van der Waals surface area contributed by atoms with E-state index in [9.17, 15) is 0 Å².